The fraction of sp³-hybridized carbons (Fsp3) is 0.706. The number of aromatic nitrogens is 1. The maximum atomic E-state index is 5.35. The first-order valence-corrected chi connectivity index (χ1v) is 8.13. The lowest BCUT2D eigenvalue weighted by molar-refractivity contribution is 0.0653. The third-order valence-corrected chi connectivity index (χ3v) is 4.99. The van der Waals surface area contributed by atoms with E-state index in [-0.39, 0.29) is 5.54 Å². The molecule has 118 valence electrons. The van der Waals surface area contributed by atoms with E-state index < -0.39 is 0 Å². The van der Waals surface area contributed by atoms with Crippen molar-refractivity contribution < 1.29 is 4.74 Å². The van der Waals surface area contributed by atoms with Crippen molar-refractivity contribution >= 4 is 0 Å². The highest BCUT2D eigenvalue weighted by atomic mass is 16.5. The van der Waals surface area contributed by atoms with Crippen molar-refractivity contribution in [2.75, 3.05) is 27.2 Å². The summed E-state index contributed by atoms with van der Waals surface area (Å²) < 4.78 is 5.35. The first kappa shape index (κ1) is 16.2. The zero-order valence-electron chi connectivity index (χ0n) is 13.9. The number of pyridine rings is 1. The van der Waals surface area contributed by atoms with Gasteiger partial charge in [-0.05, 0) is 44.6 Å². The average Bonchev–Trinajstić information content (AvgIpc) is 3.00. The summed E-state index contributed by atoms with van der Waals surface area (Å²) in [6.07, 6.45) is 8.87. The highest BCUT2D eigenvalue weighted by Gasteiger charge is 2.45. The van der Waals surface area contributed by atoms with Crippen LogP contribution >= 0.6 is 0 Å². The number of likely N-dealkylation sites (N-methyl/N-ethyl adjacent to an activating group) is 2. The smallest absolute Gasteiger partial charge is 0.137 e. The molecule has 1 fully saturated rings. The number of hydrogen-bond acceptors (Lipinski definition) is 4. The molecule has 1 aliphatic rings. The molecule has 1 aliphatic carbocycles. The highest BCUT2D eigenvalue weighted by Crippen LogP contribution is 2.44. The molecule has 0 radical (unpaired) electrons. The van der Waals surface area contributed by atoms with Crippen LogP contribution in [0.1, 0.15) is 51.1 Å². The molecule has 4 nitrogen and oxygen atoms in total. The third kappa shape index (κ3) is 3.06. The molecule has 2 rings (SSSR count). The standard InChI is InChI=1S/C17H29N3O/c1-5-20(6-2)17(9-7-8-10-17)16(18-3)14-11-15(21-4)13-19-12-14/h11-13,16,18H,5-10H2,1-4H3. The molecule has 4 heteroatoms. The Morgan fingerprint density at radius 2 is 1.95 bits per heavy atom. The lowest BCUT2D eigenvalue weighted by Gasteiger charge is -2.46. The van der Waals surface area contributed by atoms with Crippen LogP contribution in [-0.4, -0.2) is 42.7 Å². The molecule has 0 aromatic carbocycles. The molecule has 21 heavy (non-hydrogen) atoms. The van der Waals surface area contributed by atoms with Gasteiger partial charge >= 0.3 is 0 Å². The van der Waals surface area contributed by atoms with E-state index in [0.29, 0.717) is 6.04 Å². The van der Waals surface area contributed by atoms with Crippen LogP contribution in [-0.2, 0) is 0 Å². The number of methoxy groups -OCH3 is 1. The van der Waals surface area contributed by atoms with E-state index in [1.807, 2.05) is 6.20 Å². The maximum Gasteiger partial charge on any atom is 0.137 e. The molecule has 0 spiro atoms. The summed E-state index contributed by atoms with van der Waals surface area (Å²) in [6, 6.07) is 2.42. The van der Waals surface area contributed by atoms with E-state index in [9.17, 15) is 0 Å². The summed E-state index contributed by atoms with van der Waals surface area (Å²) in [6.45, 7) is 6.71. The number of nitrogens with one attached hydrogen (secondary N) is 1. The minimum Gasteiger partial charge on any atom is -0.495 e. The molecular formula is C17H29N3O. The Bertz CT molecular complexity index is 439. The third-order valence-electron chi connectivity index (χ3n) is 4.99. The van der Waals surface area contributed by atoms with Crippen LogP contribution in [0.5, 0.6) is 5.75 Å². The van der Waals surface area contributed by atoms with Crippen molar-refractivity contribution in [3.63, 3.8) is 0 Å². The summed E-state index contributed by atoms with van der Waals surface area (Å²) in [7, 11) is 3.76. The zero-order valence-corrected chi connectivity index (χ0v) is 13.9. The first-order valence-electron chi connectivity index (χ1n) is 8.13. The Kier molecular flexibility index (Phi) is 5.59. The first-order chi connectivity index (χ1) is 10.2. The van der Waals surface area contributed by atoms with Gasteiger partial charge in [0.05, 0.1) is 19.3 Å². The van der Waals surface area contributed by atoms with Crippen molar-refractivity contribution in [2.24, 2.45) is 0 Å². The van der Waals surface area contributed by atoms with Gasteiger partial charge in [-0.15, -0.1) is 0 Å². The molecular weight excluding hydrogens is 262 g/mol. The fourth-order valence-electron chi connectivity index (χ4n) is 4.08. The lowest BCUT2D eigenvalue weighted by Crippen LogP contribution is -2.54. The molecule has 0 amide bonds. The summed E-state index contributed by atoms with van der Waals surface area (Å²) in [5.74, 6) is 0.834. The summed E-state index contributed by atoms with van der Waals surface area (Å²) in [5.41, 5.74) is 1.43. The fourth-order valence-corrected chi connectivity index (χ4v) is 4.08. The SMILES string of the molecule is CCN(CC)C1(C(NC)c2cncc(OC)c2)CCCC1. The Balaban J connectivity index is 2.40. The van der Waals surface area contributed by atoms with Crippen molar-refractivity contribution in [3.8, 4) is 5.75 Å². The molecule has 1 atom stereocenters. The van der Waals surface area contributed by atoms with Crippen LogP contribution in [0, 0.1) is 0 Å². The lowest BCUT2D eigenvalue weighted by atomic mass is 9.82. The van der Waals surface area contributed by atoms with Gasteiger partial charge in [0.2, 0.25) is 0 Å². The Labute approximate surface area is 128 Å². The van der Waals surface area contributed by atoms with E-state index >= 15 is 0 Å². The van der Waals surface area contributed by atoms with Gasteiger partial charge in [0.25, 0.3) is 0 Å². The number of ether oxygens (including phenoxy) is 1. The average molecular weight is 291 g/mol. The minimum absolute atomic E-state index is 0.201. The van der Waals surface area contributed by atoms with E-state index in [2.05, 4.69) is 42.2 Å². The van der Waals surface area contributed by atoms with E-state index in [0.717, 1.165) is 18.8 Å². The number of hydrogen-bond donors (Lipinski definition) is 1. The van der Waals surface area contributed by atoms with Gasteiger partial charge in [0.15, 0.2) is 0 Å². The minimum atomic E-state index is 0.201. The zero-order chi connectivity index (χ0) is 15.3. The maximum absolute atomic E-state index is 5.35. The summed E-state index contributed by atoms with van der Waals surface area (Å²) in [5, 5.41) is 3.56. The van der Waals surface area contributed by atoms with Crippen LogP contribution in [0.25, 0.3) is 0 Å². The molecule has 1 unspecified atom stereocenters. The predicted molar refractivity (Wildman–Crippen MR) is 86.7 cm³/mol. The van der Waals surface area contributed by atoms with E-state index in [1.165, 1.54) is 31.2 Å². The van der Waals surface area contributed by atoms with Gasteiger partial charge in [-0.25, -0.2) is 0 Å². The van der Waals surface area contributed by atoms with Gasteiger partial charge in [0, 0.05) is 11.7 Å². The van der Waals surface area contributed by atoms with Crippen molar-refractivity contribution in [3.05, 3.63) is 24.0 Å². The molecule has 0 bridgehead atoms. The summed E-state index contributed by atoms with van der Waals surface area (Å²) in [4.78, 5) is 6.98. The van der Waals surface area contributed by atoms with Crippen molar-refractivity contribution in [1.29, 1.82) is 0 Å². The number of nitrogens with zero attached hydrogens (tertiary/aromatic N) is 2. The van der Waals surface area contributed by atoms with Crippen LogP contribution in [0.15, 0.2) is 18.5 Å². The van der Waals surface area contributed by atoms with E-state index in [1.54, 1.807) is 13.3 Å². The second-order valence-corrected chi connectivity index (χ2v) is 5.86. The van der Waals surface area contributed by atoms with Gasteiger partial charge < -0.3 is 10.1 Å². The highest BCUT2D eigenvalue weighted by molar-refractivity contribution is 5.29. The predicted octanol–water partition coefficient (Wildman–Crippen LogP) is 3.01. The van der Waals surface area contributed by atoms with Crippen LogP contribution < -0.4 is 10.1 Å². The largest absolute Gasteiger partial charge is 0.495 e. The van der Waals surface area contributed by atoms with Gasteiger partial charge in [-0.2, -0.15) is 0 Å². The molecule has 0 saturated heterocycles. The normalized spacial score (nSPS) is 18.9. The van der Waals surface area contributed by atoms with E-state index in [4.69, 9.17) is 4.74 Å². The molecule has 1 N–H and O–H groups in total. The number of rotatable bonds is 7. The van der Waals surface area contributed by atoms with Crippen LogP contribution in [0.2, 0.25) is 0 Å². The molecule has 1 aromatic heterocycles. The second kappa shape index (κ2) is 7.23. The Morgan fingerprint density at radius 3 is 2.48 bits per heavy atom. The van der Waals surface area contributed by atoms with Gasteiger partial charge in [-0.1, -0.05) is 26.7 Å². The quantitative estimate of drug-likeness (QED) is 0.838. The van der Waals surface area contributed by atoms with Crippen molar-refractivity contribution in [1.82, 2.24) is 15.2 Å². The molecule has 0 aliphatic heterocycles. The van der Waals surface area contributed by atoms with Crippen LogP contribution in [0.3, 0.4) is 0 Å². The van der Waals surface area contributed by atoms with Gasteiger partial charge in [-0.3, -0.25) is 9.88 Å². The topological polar surface area (TPSA) is 37.4 Å². The van der Waals surface area contributed by atoms with Crippen LogP contribution in [0.4, 0.5) is 0 Å². The molecule has 1 aromatic rings. The summed E-state index contributed by atoms with van der Waals surface area (Å²) >= 11 is 0. The molecule has 1 saturated carbocycles. The monoisotopic (exact) mass is 291 g/mol. The Hall–Kier alpha value is -1.13. The van der Waals surface area contributed by atoms with Gasteiger partial charge in [0.1, 0.15) is 5.75 Å². The Morgan fingerprint density at radius 1 is 1.29 bits per heavy atom. The second-order valence-electron chi connectivity index (χ2n) is 5.86. The molecule has 1 heterocycles. The van der Waals surface area contributed by atoms with Crippen molar-refractivity contribution in [2.45, 2.75) is 51.1 Å².